The molecule has 0 aliphatic carbocycles. The van der Waals surface area contributed by atoms with Gasteiger partial charge in [0.25, 0.3) is 0 Å². The SMILES string of the molecule is CCCNCC(O)CN1CCOC(C)C1. The Morgan fingerprint density at radius 2 is 2.40 bits per heavy atom. The Morgan fingerprint density at radius 3 is 3.07 bits per heavy atom. The number of aliphatic hydroxyl groups excluding tert-OH is 1. The van der Waals surface area contributed by atoms with Crippen LogP contribution in [0, 0.1) is 0 Å². The van der Waals surface area contributed by atoms with Crippen LogP contribution in [-0.4, -0.2) is 61.5 Å². The molecular weight excluding hydrogens is 192 g/mol. The van der Waals surface area contributed by atoms with Crippen molar-refractivity contribution in [2.75, 3.05) is 39.3 Å². The molecule has 1 aliphatic rings. The maximum absolute atomic E-state index is 9.77. The summed E-state index contributed by atoms with van der Waals surface area (Å²) in [6, 6.07) is 0. The number of rotatable bonds is 6. The highest BCUT2D eigenvalue weighted by molar-refractivity contribution is 4.72. The lowest BCUT2D eigenvalue weighted by molar-refractivity contribution is -0.0312. The third-order valence-corrected chi connectivity index (χ3v) is 2.60. The van der Waals surface area contributed by atoms with Crippen molar-refractivity contribution in [3.05, 3.63) is 0 Å². The highest BCUT2D eigenvalue weighted by Crippen LogP contribution is 2.04. The van der Waals surface area contributed by atoms with E-state index < -0.39 is 0 Å². The molecule has 90 valence electrons. The second-order valence-corrected chi connectivity index (χ2v) is 4.30. The zero-order valence-corrected chi connectivity index (χ0v) is 9.91. The summed E-state index contributed by atoms with van der Waals surface area (Å²) in [6.45, 7) is 9.30. The van der Waals surface area contributed by atoms with E-state index >= 15 is 0 Å². The number of nitrogens with one attached hydrogen (secondary N) is 1. The molecule has 2 atom stereocenters. The molecular formula is C11H24N2O2. The number of morpholine rings is 1. The van der Waals surface area contributed by atoms with Gasteiger partial charge in [0.2, 0.25) is 0 Å². The van der Waals surface area contributed by atoms with Crippen LogP contribution in [0.25, 0.3) is 0 Å². The van der Waals surface area contributed by atoms with E-state index in [0.29, 0.717) is 12.6 Å². The van der Waals surface area contributed by atoms with Crippen LogP contribution in [0.4, 0.5) is 0 Å². The van der Waals surface area contributed by atoms with Crippen LogP contribution in [0.15, 0.2) is 0 Å². The Morgan fingerprint density at radius 1 is 1.60 bits per heavy atom. The first-order valence-corrected chi connectivity index (χ1v) is 5.95. The van der Waals surface area contributed by atoms with Gasteiger partial charge in [-0.15, -0.1) is 0 Å². The normalized spacial score (nSPS) is 25.4. The Labute approximate surface area is 92.6 Å². The van der Waals surface area contributed by atoms with Crippen LogP contribution in [0.1, 0.15) is 20.3 Å². The third kappa shape index (κ3) is 5.47. The molecule has 0 aromatic carbocycles. The highest BCUT2D eigenvalue weighted by Gasteiger charge is 2.18. The van der Waals surface area contributed by atoms with Crippen molar-refractivity contribution in [1.29, 1.82) is 0 Å². The number of nitrogens with zero attached hydrogens (tertiary/aromatic N) is 1. The summed E-state index contributed by atoms with van der Waals surface area (Å²) in [5, 5.41) is 13.0. The summed E-state index contributed by atoms with van der Waals surface area (Å²) in [5.41, 5.74) is 0. The molecule has 15 heavy (non-hydrogen) atoms. The predicted molar refractivity (Wildman–Crippen MR) is 61.0 cm³/mol. The standard InChI is InChI=1S/C11H24N2O2/c1-3-4-12-7-11(14)9-13-5-6-15-10(2)8-13/h10-12,14H,3-9H2,1-2H3. The summed E-state index contributed by atoms with van der Waals surface area (Å²) >= 11 is 0. The summed E-state index contributed by atoms with van der Waals surface area (Å²) in [5.74, 6) is 0. The minimum atomic E-state index is -0.262. The molecule has 0 saturated carbocycles. The molecule has 4 heteroatoms. The third-order valence-electron chi connectivity index (χ3n) is 2.60. The number of hydrogen-bond donors (Lipinski definition) is 2. The molecule has 1 saturated heterocycles. The van der Waals surface area contributed by atoms with Crippen LogP contribution in [0.3, 0.4) is 0 Å². The van der Waals surface area contributed by atoms with Crippen LogP contribution >= 0.6 is 0 Å². The summed E-state index contributed by atoms with van der Waals surface area (Å²) in [6.07, 6.45) is 1.15. The van der Waals surface area contributed by atoms with Gasteiger partial charge in [-0.25, -0.2) is 0 Å². The van der Waals surface area contributed by atoms with E-state index in [0.717, 1.165) is 39.2 Å². The van der Waals surface area contributed by atoms with Gasteiger partial charge in [0, 0.05) is 26.2 Å². The Hall–Kier alpha value is -0.160. The van der Waals surface area contributed by atoms with Crippen molar-refractivity contribution in [1.82, 2.24) is 10.2 Å². The second-order valence-electron chi connectivity index (χ2n) is 4.30. The molecule has 1 fully saturated rings. The van der Waals surface area contributed by atoms with Gasteiger partial charge in [-0.1, -0.05) is 6.92 Å². The first kappa shape index (κ1) is 12.9. The van der Waals surface area contributed by atoms with Crippen molar-refractivity contribution in [2.24, 2.45) is 0 Å². The zero-order chi connectivity index (χ0) is 11.1. The topological polar surface area (TPSA) is 44.7 Å². The number of aliphatic hydroxyl groups is 1. The average molecular weight is 216 g/mol. The molecule has 0 amide bonds. The summed E-state index contributed by atoms with van der Waals surface area (Å²) in [4.78, 5) is 2.27. The first-order chi connectivity index (χ1) is 7.22. The second kappa shape index (κ2) is 7.17. The van der Waals surface area contributed by atoms with Crippen molar-refractivity contribution in [3.63, 3.8) is 0 Å². The van der Waals surface area contributed by atoms with Gasteiger partial charge in [-0.05, 0) is 19.9 Å². The van der Waals surface area contributed by atoms with Crippen LogP contribution in [0.2, 0.25) is 0 Å². The summed E-state index contributed by atoms with van der Waals surface area (Å²) < 4.78 is 5.45. The molecule has 1 aliphatic heterocycles. The van der Waals surface area contributed by atoms with Crippen molar-refractivity contribution < 1.29 is 9.84 Å². The van der Waals surface area contributed by atoms with E-state index in [9.17, 15) is 5.11 Å². The molecule has 1 heterocycles. The van der Waals surface area contributed by atoms with Gasteiger partial charge in [-0.2, -0.15) is 0 Å². The number of β-amino-alcohol motifs (C(OH)–C–C–N with tert-alkyl or cyclic N) is 1. The van der Waals surface area contributed by atoms with Gasteiger partial charge in [0.15, 0.2) is 0 Å². The van der Waals surface area contributed by atoms with E-state index in [1.165, 1.54) is 0 Å². The fraction of sp³-hybridized carbons (Fsp3) is 1.00. The Bertz CT molecular complexity index is 167. The minimum Gasteiger partial charge on any atom is -0.390 e. The van der Waals surface area contributed by atoms with E-state index in [4.69, 9.17) is 4.74 Å². The predicted octanol–water partition coefficient (Wildman–Crippen LogP) is 0.0676. The van der Waals surface area contributed by atoms with Crippen LogP contribution < -0.4 is 5.32 Å². The smallest absolute Gasteiger partial charge is 0.0791 e. The van der Waals surface area contributed by atoms with Gasteiger partial charge in [-0.3, -0.25) is 4.90 Å². The molecule has 4 nitrogen and oxygen atoms in total. The molecule has 0 spiro atoms. The van der Waals surface area contributed by atoms with Crippen molar-refractivity contribution in [2.45, 2.75) is 32.5 Å². The van der Waals surface area contributed by atoms with Gasteiger partial charge in [0.1, 0.15) is 0 Å². The fourth-order valence-electron chi connectivity index (χ4n) is 1.86. The Kier molecular flexibility index (Phi) is 6.17. The largest absolute Gasteiger partial charge is 0.390 e. The first-order valence-electron chi connectivity index (χ1n) is 5.95. The van der Waals surface area contributed by atoms with E-state index in [-0.39, 0.29) is 6.10 Å². The lowest BCUT2D eigenvalue weighted by atomic mass is 10.2. The number of ether oxygens (including phenoxy) is 1. The summed E-state index contributed by atoms with van der Waals surface area (Å²) in [7, 11) is 0. The molecule has 1 rings (SSSR count). The number of hydrogen-bond acceptors (Lipinski definition) is 4. The lowest BCUT2D eigenvalue weighted by Crippen LogP contribution is -2.46. The van der Waals surface area contributed by atoms with Crippen LogP contribution in [-0.2, 0) is 4.74 Å². The highest BCUT2D eigenvalue weighted by atomic mass is 16.5. The van der Waals surface area contributed by atoms with E-state index in [2.05, 4.69) is 24.1 Å². The Balaban J connectivity index is 2.10. The monoisotopic (exact) mass is 216 g/mol. The van der Waals surface area contributed by atoms with E-state index in [1.54, 1.807) is 0 Å². The molecule has 0 bridgehead atoms. The fourth-order valence-corrected chi connectivity index (χ4v) is 1.86. The maximum Gasteiger partial charge on any atom is 0.0791 e. The van der Waals surface area contributed by atoms with Gasteiger partial charge >= 0.3 is 0 Å². The molecule has 0 radical (unpaired) electrons. The zero-order valence-electron chi connectivity index (χ0n) is 9.91. The molecule has 0 aromatic heterocycles. The van der Waals surface area contributed by atoms with Crippen LogP contribution in [0.5, 0.6) is 0 Å². The molecule has 2 N–H and O–H groups in total. The average Bonchev–Trinajstić information content (AvgIpc) is 2.18. The van der Waals surface area contributed by atoms with Crippen molar-refractivity contribution >= 4 is 0 Å². The minimum absolute atomic E-state index is 0.262. The quantitative estimate of drug-likeness (QED) is 0.617. The lowest BCUT2D eigenvalue weighted by Gasteiger charge is -2.32. The maximum atomic E-state index is 9.77. The molecule has 0 aromatic rings. The molecule has 2 unspecified atom stereocenters. The van der Waals surface area contributed by atoms with Gasteiger partial charge < -0.3 is 15.2 Å². The van der Waals surface area contributed by atoms with Crippen molar-refractivity contribution in [3.8, 4) is 0 Å². The van der Waals surface area contributed by atoms with E-state index in [1.807, 2.05) is 0 Å². The van der Waals surface area contributed by atoms with Gasteiger partial charge in [0.05, 0.1) is 18.8 Å².